The number of rotatable bonds is 4. The Hall–Kier alpha value is -1.55. The number of amides is 1. The van der Waals surface area contributed by atoms with Crippen molar-refractivity contribution in [1.82, 2.24) is 5.32 Å². The molecule has 0 unspecified atom stereocenters. The van der Waals surface area contributed by atoms with E-state index in [2.05, 4.69) is 5.32 Å². The van der Waals surface area contributed by atoms with Crippen LogP contribution in [-0.2, 0) is 0 Å². The average Bonchev–Trinajstić information content (AvgIpc) is 2.80. The Kier molecular flexibility index (Phi) is 3.41. The fraction of sp³-hybridized carbons (Fsp3) is 0.417. The number of ether oxygens (including phenoxy) is 1. The van der Waals surface area contributed by atoms with E-state index in [0.29, 0.717) is 18.2 Å². The number of benzene rings is 1. The molecular formula is C12H16N2O2. The van der Waals surface area contributed by atoms with Gasteiger partial charge in [0.2, 0.25) is 5.91 Å². The zero-order valence-corrected chi connectivity index (χ0v) is 9.11. The molecule has 1 aliphatic heterocycles. The van der Waals surface area contributed by atoms with Crippen molar-refractivity contribution in [3.8, 4) is 5.75 Å². The summed E-state index contributed by atoms with van der Waals surface area (Å²) in [5, 5.41) is 3.36. The van der Waals surface area contributed by atoms with Crippen LogP contribution in [0.5, 0.6) is 5.75 Å². The van der Waals surface area contributed by atoms with Gasteiger partial charge in [0.05, 0.1) is 0 Å². The van der Waals surface area contributed by atoms with Crippen molar-refractivity contribution < 1.29 is 9.53 Å². The Bertz CT molecular complexity index is 356. The van der Waals surface area contributed by atoms with E-state index in [0.717, 1.165) is 12.3 Å². The topological polar surface area (TPSA) is 64.4 Å². The van der Waals surface area contributed by atoms with Gasteiger partial charge in [0.25, 0.3) is 0 Å². The first kappa shape index (κ1) is 11.0. The van der Waals surface area contributed by atoms with Gasteiger partial charge in [-0.1, -0.05) is 0 Å². The number of primary amides is 1. The van der Waals surface area contributed by atoms with Crippen molar-refractivity contribution in [2.24, 2.45) is 5.73 Å². The van der Waals surface area contributed by atoms with Gasteiger partial charge in [-0.2, -0.15) is 0 Å². The van der Waals surface area contributed by atoms with Crippen LogP contribution in [0.25, 0.3) is 0 Å². The molecule has 4 heteroatoms. The van der Waals surface area contributed by atoms with E-state index >= 15 is 0 Å². The van der Waals surface area contributed by atoms with Crippen molar-refractivity contribution >= 4 is 5.91 Å². The van der Waals surface area contributed by atoms with Crippen LogP contribution >= 0.6 is 0 Å². The van der Waals surface area contributed by atoms with Crippen LogP contribution in [0.2, 0.25) is 0 Å². The third kappa shape index (κ3) is 2.73. The van der Waals surface area contributed by atoms with Crippen molar-refractivity contribution in [2.45, 2.75) is 18.9 Å². The van der Waals surface area contributed by atoms with E-state index in [1.807, 2.05) is 0 Å². The quantitative estimate of drug-likeness (QED) is 0.793. The lowest BCUT2D eigenvalue weighted by Crippen LogP contribution is -2.28. The third-order valence-electron chi connectivity index (χ3n) is 2.75. The van der Waals surface area contributed by atoms with Crippen LogP contribution in [-0.4, -0.2) is 25.1 Å². The summed E-state index contributed by atoms with van der Waals surface area (Å²) in [5.74, 6) is 0.364. The van der Waals surface area contributed by atoms with Gasteiger partial charge >= 0.3 is 0 Å². The molecule has 1 atom stereocenters. The molecule has 1 fully saturated rings. The highest BCUT2D eigenvalue weighted by molar-refractivity contribution is 5.92. The molecule has 16 heavy (non-hydrogen) atoms. The molecule has 1 aromatic carbocycles. The first-order valence-electron chi connectivity index (χ1n) is 5.52. The molecule has 0 saturated carbocycles. The SMILES string of the molecule is NC(=O)c1ccc(OC[C@H]2CCCN2)cc1. The number of nitrogens with one attached hydrogen (secondary N) is 1. The molecule has 1 heterocycles. The summed E-state index contributed by atoms with van der Waals surface area (Å²) in [5.41, 5.74) is 5.65. The Morgan fingerprint density at radius 3 is 2.75 bits per heavy atom. The second kappa shape index (κ2) is 4.99. The highest BCUT2D eigenvalue weighted by Crippen LogP contribution is 2.13. The Balaban J connectivity index is 1.87. The first-order chi connectivity index (χ1) is 7.75. The number of nitrogens with two attached hydrogens (primary N) is 1. The van der Waals surface area contributed by atoms with Gasteiger partial charge in [-0.15, -0.1) is 0 Å². The third-order valence-corrected chi connectivity index (χ3v) is 2.75. The van der Waals surface area contributed by atoms with Crippen molar-refractivity contribution in [2.75, 3.05) is 13.2 Å². The lowest BCUT2D eigenvalue weighted by molar-refractivity contribution is 0.100. The average molecular weight is 220 g/mol. The van der Waals surface area contributed by atoms with Gasteiger partial charge in [0.15, 0.2) is 0 Å². The first-order valence-corrected chi connectivity index (χ1v) is 5.52. The monoisotopic (exact) mass is 220 g/mol. The lowest BCUT2D eigenvalue weighted by atomic mass is 10.2. The molecule has 1 saturated heterocycles. The van der Waals surface area contributed by atoms with Crippen LogP contribution < -0.4 is 15.8 Å². The minimum absolute atomic E-state index is 0.413. The van der Waals surface area contributed by atoms with E-state index in [-0.39, 0.29) is 0 Å². The summed E-state index contributed by atoms with van der Waals surface area (Å²) >= 11 is 0. The van der Waals surface area contributed by atoms with Crippen LogP contribution in [0.1, 0.15) is 23.2 Å². The number of hydrogen-bond acceptors (Lipinski definition) is 3. The number of carbonyl (C=O) groups excluding carboxylic acids is 1. The van der Waals surface area contributed by atoms with E-state index in [4.69, 9.17) is 10.5 Å². The Morgan fingerprint density at radius 1 is 1.44 bits per heavy atom. The van der Waals surface area contributed by atoms with Crippen molar-refractivity contribution in [3.63, 3.8) is 0 Å². The predicted molar refractivity (Wildman–Crippen MR) is 61.5 cm³/mol. The molecule has 86 valence electrons. The van der Waals surface area contributed by atoms with E-state index < -0.39 is 5.91 Å². The molecule has 0 aromatic heterocycles. The summed E-state index contributed by atoms with van der Waals surface area (Å²) in [6.45, 7) is 1.75. The molecule has 3 N–H and O–H groups in total. The van der Waals surface area contributed by atoms with Gasteiger partial charge in [-0.3, -0.25) is 4.79 Å². The van der Waals surface area contributed by atoms with Gasteiger partial charge < -0.3 is 15.8 Å². The fourth-order valence-electron chi connectivity index (χ4n) is 1.81. The summed E-state index contributed by atoms with van der Waals surface area (Å²) in [7, 11) is 0. The second-order valence-corrected chi connectivity index (χ2v) is 3.99. The molecule has 0 spiro atoms. The standard InChI is InChI=1S/C12H16N2O2/c13-12(15)9-3-5-11(6-4-9)16-8-10-2-1-7-14-10/h3-6,10,14H,1-2,7-8H2,(H2,13,15)/t10-/m1/s1. The molecule has 4 nitrogen and oxygen atoms in total. The van der Waals surface area contributed by atoms with Gasteiger partial charge in [-0.25, -0.2) is 0 Å². The number of hydrogen-bond donors (Lipinski definition) is 2. The molecule has 2 rings (SSSR count). The Labute approximate surface area is 94.8 Å². The van der Waals surface area contributed by atoms with Crippen LogP contribution in [0.15, 0.2) is 24.3 Å². The second-order valence-electron chi connectivity index (χ2n) is 3.99. The van der Waals surface area contributed by atoms with Gasteiger partial charge in [-0.05, 0) is 43.7 Å². The Morgan fingerprint density at radius 2 is 2.19 bits per heavy atom. The van der Waals surface area contributed by atoms with E-state index in [1.54, 1.807) is 24.3 Å². The van der Waals surface area contributed by atoms with Crippen LogP contribution in [0.3, 0.4) is 0 Å². The normalized spacial score (nSPS) is 19.6. The van der Waals surface area contributed by atoms with E-state index in [1.165, 1.54) is 12.8 Å². The summed E-state index contributed by atoms with van der Waals surface area (Å²) < 4.78 is 5.61. The molecule has 0 radical (unpaired) electrons. The number of carbonyl (C=O) groups is 1. The zero-order valence-electron chi connectivity index (χ0n) is 9.11. The molecule has 0 bridgehead atoms. The maximum absolute atomic E-state index is 10.9. The fourth-order valence-corrected chi connectivity index (χ4v) is 1.81. The van der Waals surface area contributed by atoms with Crippen molar-refractivity contribution in [3.05, 3.63) is 29.8 Å². The smallest absolute Gasteiger partial charge is 0.248 e. The van der Waals surface area contributed by atoms with Crippen LogP contribution in [0.4, 0.5) is 0 Å². The minimum Gasteiger partial charge on any atom is -0.492 e. The molecule has 0 aliphatic carbocycles. The van der Waals surface area contributed by atoms with E-state index in [9.17, 15) is 4.79 Å². The molecule has 1 aliphatic rings. The van der Waals surface area contributed by atoms with Crippen LogP contribution in [0, 0.1) is 0 Å². The highest BCUT2D eigenvalue weighted by atomic mass is 16.5. The van der Waals surface area contributed by atoms with Gasteiger partial charge in [0, 0.05) is 11.6 Å². The summed E-state index contributed by atoms with van der Waals surface area (Å²) in [6, 6.07) is 7.36. The maximum Gasteiger partial charge on any atom is 0.248 e. The zero-order chi connectivity index (χ0) is 11.4. The molecular weight excluding hydrogens is 204 g/mol. The van der Waals surface area contributed by atoms with Gasteiger partial charge in [0.1, 0.15) is 12.4 Å². The molecule has 1 amide bonds. The minimum atomic E-state index is -0.413. The highest BCUT2D eigenvalue weighted by Gasteiger charge is 2.14. The lowest BCUT2D eigenvalue weighted by Gasteiger charge is -2.12. The van der Waals surface area contributed by atoms with Crippen molar-refractivity contribution in [1.29, 1.82) is 0 Å². The molecule has 1 aromatic rings. The summed E-state index contributed by atoms with van der Waals surface area (Å²) in [6.07, 6.45) is 2.38. The largest absolute Gasteiger partial charge is 0.492 e. The predicted octanol–water partition coefficient (Wildman–Crippen LogP) is 0.916. The summed E-state index contributed by atoms with van der Waals surface area (Å²) in [4.78, 5) is 10.9. The maximum atomic E-state index is 10.9.